The van der Waals surface area contributed by atoms with Crippen molar-refractivity contribution in [2.45, 2.75) is 38.8 Å². The Morgan fingerprint density at radius 2 is 1.63 bits per heavy atom. The Bertz CT molecular complexity index is 1630. The van der Waals surface area contributed by atoms with Gasteiger partial charge < -0.3 is 19.7 Å². The molecule has 0 unspecified atom stereocenters. The largest absolute Gasteiger partial charge is 0.349 e. The highest BCUT2D eigenvalue weighted by atomic mass is 16.2. The Morgan fingerprint density at radius 1 is 0.902 bits per heavy atom. The third-order valence-electron chi connectivity index (χ3n) is 7.70. The molecule has 1 aliphatic rings. The first-order valence-electron chi connectivity index (χ1n) is 14.2. The number of fused-ring (bicyclic) bond motifs is 1. The lowest BCUT2D eigenvalue weighted by Crippen LogP contribution is -2.29. The molecule has 7 nitrogen and oxygen atoms in total. The molecule has 1 aliphatic carbocycles. The van der Waals surface area contributed by atoms with Crippen LogP contribution in [0.5, 0.6) is 0 Å². The molecule has 0 spiro atoms. The molecular weight excluding hydrogens is 512 g/mol. The maximum atomic E-state index is 13.4. The number of nitrogens with one attached hydrogen (secondary N) is 1. The number of pyridine rings is 1. The molecule has 1 aromatic heterocycles. The number of amides is 2. The quantitative estimate of drug-likeness (QED) is 0.304. The van der Waals surface area contributed by atoms with E-state index < -0.39 is 0 Å². The zero-order valence-corrected chi connectivity index (χ0v) is 24.3. The lowest BCUT2D eigenvalue weighted by atomic mass is 9.96. The van der Waals surface area contributed by atoms with Crippen LogP contribution in [0.3, 0.4) is 0 Å². The van der Waals surface area contributed by atoms with Crippen molar-refractivity contribution in [3.05, 3.63) is 106 Å². The van der Waals surface area contributed by atoms with E-state index >= 15 is 0 Å². The van der Waals surface area contributed by atoms with Crippen LogP contribution >= 0.6 is 0 Å². The summed E-state index contributed by atoms with van der Waals surface area (Å²) in [5.74, 6) is -0.0415. The number of hydrogen-bond acceptors (Lipinski definition) is 4. The molecule has 212 valence electrons. The Hall–Kier alpha value is -4.23. The number of aromatic nitrogens is 1. The van der Waals surface area contributed by atoms with E-state index in [1.165, 1.54) is 0 Å². The summed E-state index contributed by atoms with van der Waals surface area (Å²) in [5, 5.41) is 4.55. The minimum Gasteiger partial charge on any atom is -0.349 e. The lowest BCUT2D eigenvalue weighted by Gasteiger charge is -2.18. The fraction of sp³-hybridized carbons (Fsp3) is 0.324. The minimum absolute atomic E-state index is 0.00158. The minimum atomic E-state index is -0.0656. The molecule has 2 amide bonds. The summed E-state index contributed by atoms with van der Waals surface area (Å²) in [5.41, 5.74) is 5.21. The zero-order chi connectivity index (χ0) is 29.1. The molecule has 0 saturated heterocycles. The van der Waals surface area contributed by atoms with Crippen molar-refractivity contribution in [2.75, 3.05) is 34.2 Å². The molecule has 7 heteroatoms. The van der Waals surface area contributed by atoms with Gasteiger partial charge in [-0.15, -0.1) is 0 Å². The molecule has 1 saturated carbocycles. The van der Waals surface area contributed by atoms with E-state index in [9.17, 15) is 14.4 Å². The Balaban J connectivity index is 1.31. The average molecular weight is 551 g/mol. The standard InChI is InChI=1S/C34H38N4O3/c1-23-6-9-28(32(39)35-29-13-14-29)21-31(23)26-12-15-30-27(20-26)16-19-38(34(30)41)22-24-7-10-25(11-8-24)33(40)37(4)18-5-17-36(2)3/h6-12,15-16,19-21,29H,5,13-14,17-18,22H2,1-4H3,(H,35,39). The van der Waals surface area contributed by atoms with Crippen LogP contribution in [0.25, 0.3) is 21.9 Å². The number of hydrogen-bond donors (Lipinski definition) is 1. The van der Waals surface area contributed by atoms with E-state index in [-0.39, 0.29) is 17.4 Å². The van der Waals surface area contributed by atoms with Crippen LogP contribution in [0.1, 0.15) is 51.1 Å². The molecule has 41 heavy (non-hydrogen) atoms. The van der Waals surface area contributed by atoms with E-state index in [4.69, 9.17) is 0 Å². The fourth-order valence-corrected chi connectivity index (χ4v) is 5.05. The average Bonchev–Trinajstić information content (AvgIpc) is 3.78. The van der Waals surface area contributed by atoms with Gasteiger partial charge in [0.2, 0.25) is 0 Å². The molecule has 0 atom stereocenters. The van der Waals surface area contributed by atoms with Crippen molar-refractivity contribution < 1.29 is 9.59 Å². The van der Waals surface area contributed by atoms with Gasteiger partial charge in [-0.2, -0.15) is 0 Å². The van der Waals surface area contributed by atoms with Gasteiger partial charge in [-0.1, -0.05) is 24.3 Å². The number of nitrogens with zero attached hydrogens (tertiary/aromatic N) is 3. The third-order valence-corrected chi connectivity index (χ3v) is 7.70. The van der Waals surface area contributed by atoms with Gasteiger partial charge in [0.1, 0.15) is 0 Å². The molecule has 0 bridgehead atoms. The van der Waals surface area contributed by atoms with Crippen molar-refractivity contribution in [2.24, 2.45) is 0 Å². The highest BCUT2D eigenvalue weighted by molar-refractivity contribution is 5.97. The molecule has 0 aliphatic heterocycles. The van der Waals surface area contributed by atoms with E-state index in [0.29, 0.717) is 35.6 Å². The highest BCUT2D eigenvalue weighted by Gasteiger charge is 2.24. The van der Waals surface area contributed by atoms with Gasteiger partial charge in [0, 0.05) is 42.3 Å². The van der Waals surface area contributed by atoms with Crippen molar-refractivity contribution in [1.29, 1.82) is 0 Å². The molecule has 5 rings (SSSR count). The van der Waals surface area contributed by atoms with Gasteiger partial charge in [-0.25, -0.2) is 0 Å². The topological polar surface area (TPSA) is 74.6 Å². The second kappa shape index (κ2) is 12.1. The second-order valence-corrected chi connectivity index (χ2v) is 11.4. The van der Waals surface area contributed by atoms with Crippen LogP contribution in [0, 0.1) is 6.92 Å². The van der Waals surface area contributed by atoms with Crippen molar-refractivity contribution in [3.63, 3.8) is 0 Å². The Kier molecular flexibility index (Phi) is 8.36. The normalized spacial score (nSPS) is 13.0. The maximum Gasteiger partial charge on any atom is 0.258 e. The predicted octanol–water partition coefficient (Wildman–Crippen LogP) is 4.94. The van der Waals surface area contributed by atoms with Crippen LogP contribution < -0.4 is 10.9 Å². The van der Waals surface area contributed by atoms with E-state index in [1.807, 2.05) is 101 Å². The third kappa shape index (κ3) is 6.74. The van der Waals surface area contributed by atoms with E-state index in [2.05, 4.69) is 10.2 Å². The molecule has 1 heterocycles. The number of benzene rings is 3. The number of carbonyl (C=O) groups is 2. The SMILES string of the molecule is Cc1ccc(C(=O)NC2CC2)cc1-c1ccc2c(=O)n(Cc3ccc(C(=O)N(C)CCCN(C)C)cc3)ccc2c1. The van der Waals surface area contributed by atoms with Crippen molar-refractivity contribution in [3.8, 4) is 11.1 Å². The van der Waals surface area contributed by atoms with Crippen molar-refractivity contribution in [1.82, 2.24) is 19.7 Å². The van der Waals surface area contributed by atoms with Crippen LogP contribution in [-0.4, -0.2) is 66.5 Å². The molecule has 3 aromatic carbocycles. The second-order valence-electron chi connectivity index (χ2n) is 11.4. The summed E-state index contributed by atoms with van der Waals surface area (Å²) in [6.07, 6.45) is 4.83. The van der Waals surface area contributed by atoms with Crippen LogP contribution in [0.15, 0.2) is 77.7 Å². The summed E-state index contributed by atoms with van der Waals surface area (Å²) in [4.78, 5) is 42.6. The summed E-state index contributed by atoms with van der Waals surface area (Å²) in [6.45, 7) is 4.08. The zero-order valence-electron chi connectivity index (χ0n) is 24.3. The fourth-order valence-electron chi connectivity index (χ4n) is 5.05. The van der Waals surface area contributed by atoms with E-state index in [0.717, 1.165) is 53.4 Å². The molecule has 1 fully saturated rings. The summed E-state index contributed by atoms with van der Waals surface area (Å²) >= 11 is 0. The molecular formula is C34H38N4O3. The summed E-state index contributed by atoms with van der Waals surface area (Å²) < 4.78 is 1.69. The number of aryl methyl sites for hydroxylation is 1. The summed E-state index contributed by atoms with van der Waals surface area (Å²) in [7, 11) is 5.88. The van der Waals surface area contributed by atoms with Gasteiger partial charge in [-0.05, 0) is 117 Å². The first kappa shape index (κ1) is 28.3. The Morgan fingerprint density at radius 3 is 2.34 bits per heavy atom. The monoisotopic (exact) mass is 550 g/mol. The maximum absolute atomic E-state index is 13.4. The molecule has 1 N–H and O–H groups in total. The van der Waals surface area contributed by atoms with Gasteiger partial charge in [0.05, 0.1) is 6.54 Å². The van der Waals surface area contributed by atoms with Gasteiger partial charge in [-0.3, -0.25) is 14.4 Å². The lowest BCUT2D eigenvalue weighted by molar-refractivity contribution is 0.0790. The highest BCUT2D eigenvalue weighted by Crippen LogP contribution is 2.28. The first-order valence-corrected chi connectivity index (χ1v) is 14.2. The van der Waals surface area contributed by atoms with Crippen molar-refractivity contribution >= 4 is 22.6 Å². The van der Waals surface area contributed by atoms with Crippen LogP contribution in [0.4, 0.5) is 0 Å². The Labute approximate surface area is 241 Å². The number of rotatable bonds is 10. The van der Waals surface area contributed by atoms with Crippen LogP contribution in [-0.2, 0) is 6.54 Å². The first-order chi connectivity index (χ1) is 19.7. The van der Waals surface area contributed by atoms with Gasteiger partial charge in [0.15, 0.2) is 0 Å². The number of carbonyl (C=O) groups excluding carboxylic acids is 2. The van der Waals surface area contributed by atoms with Gasteiger partial charge in [0.25, 0.3) is 17.4 Å². The van der Waals surface area contributed by atoms with Gasteiger partial charge >= 0.3 is 0 Å². The summed E-state index contributed by atoms with van der Waals surface area (Å²) in [6, 6.07) is 21.4. The van der Waals surface area contributed by atoms with E-state index in [1.54, 1.807) is 9.47 Å². The molecule has 0 radical (unpaired) electrons. The predicted molar refractivity (Wildman–Crippen MR) is 165 cm³/mol. The smallest absolute Gasteiger partial charge is 0.258 e. The van der Waals surface area contributed by atoms with Crippen LogP contribution in [0.2, 0.25) is 0 Å². The molecule has 4 aromatic rings.